The van der Waals surface area contributed by atoms with Crippen LogP contribution in [0.25, 0.3) is 11.0 Å². The fraction of sp³-hybridized carbons (Fsp3) is 0.222. The lowest BCUT2D eigenvalue weighted by molar-refractivity contribution is -0.121. The Labute approximate surface area is 133 Å². The topological polar surface area (TPSA) is 77.8 Å². The van der Waals surface area contributed by atoms with Crippen LogP contribution in [0.1, 0.15) is 30.4 Å². The zero-order chi connectivity index (χ0) is 16.2. The molecule has 0 aliphatic rings. The van der Waals surface area contributed by atoms with Crippen LogP contribution in [0.3, 0.4) is 0 Å². The third-order valence-corrected chi connectivity index (χ3v) is 3.93. The maximum atomic E-state index is 12.1. The first kappa shape index (κ1) is 15.1. The molecule has 1 amide bonds. The molecule has 0 fully saturated rings. The Morgan fingerprint density at radius 2 is 1.83 bits per heavy atom. The van der Waals surface area contributed by atoms with Gasteiger partial charge in [-0.15, -0.1) is 0 Å². The van der Waals surface area contributed by atoms with Crippen LogP contribution in [0.2, 0.25) is 0 Å². The summed E-state index contributed by atoms with van der Waals surface area (Å²) in [5, 5.41) is 2.93. The molecular weight excluding hydrogens is 290 g/mol. The largest absolute Gasteiger partial charge is 0.352 e. The number of carbonyl (C=O) groups is 1. The van der Waals surface area contributed by atoms with Gasteiger partial charge in [0.2, 0.25) is 5.91 Å². The fourth-order valence-electron chi connectivity index (χ4n) is 2.64. The minimum absolute atomic E-state index is 0.0176. The molecule has 118 valence electrons. The van der Waals surface area contributed by atoms with Crippen LogP contribution in [0.5, 0.6) is 0 Å². The molecule has 0 spiro atoms. The highest BCUT2D eigenvalue weighted by molar-refractivity contribution is 5.78. The summed E-state index contributed by atoms with van der Waals surface area (Å²) in [6, 6.07) is 15.6. The number of H-pyrrole nitrogens is 2. The van der Waals surface area contributed by atoms with Crippen LogP contribution in [-0.2, 0) is 11.3 Å². The Morgan fingerprint density at radius 3 is 2.61 bits per heavy atom. The van der Waals surface area contributed by atoms with Gasteiger partial charge in [0.05, 0.1) is 11.0 Å². The summed E-state index contributed by atoms with van der Waals surface area (Å²) < 4.78 is 0. The van der Waals surface area contributed by atoms with E-state index in [9.17, 15) is 9.59 Å². The molecule has 0 bridgehead atoms. The van der Waals surface area contributed by atoms with E-state index in [2.05, 4.69) is 15.3 Å². The molecule has 1 heterocycles. The van der Waals surface area contributed by atoms with E-state index in [1.54, 1.807) is 0 Å². The summed E-state index contributed by atoms with van der Waals surface area (Å²) in [4.78, 5) is 28.7. The van der Waals surface area contributed by atoms with Gasteiger partial charge in [-0.3, -0.25) is 4.79 Å². The van der Waals surface area contributed by atoms with Crippen molar-refractivity contribution in [3.63, 3.8) is 0 Å². The first-order valence-electron chi connectivity index (χ1n) is 7.64. The Kier molecular flexibility index (Phi) is 4.28. The van der Waals surface area contributed by atoms with Crippen LogP contribution in [0.15, 0.2) is 53.3 Å². The zero-order valence-corrected chi connectivity index (χ0v) is 12.9. The number of nitrogens with one attached hydrogen (secondary N) is 3. The van der Waals surface area contributed by atoms with E-state index in [0.29, 0.717) is 13.0 Å². The number of aromatic amines is 2. The number of amides is 1. The highest BCUT2D eigenvalue weighted by Crippen LogP contribution is 2.18. The lowest BCUT2D eigenvalue weighted by Crippen LogP contribution is -2.24. The molecular formula is C18H19N3O2. The predicted molar refractivity (Wildman–Crippen MR) is 90.2 cm³/mol. The van der Waals surface area contributed by atoms with E-state index in [-0.39, 0.29) is 17.5 Å². The van der Waals surface area contributed by atoms with Gasteiger partial charge in [0.25, 0.3) is 0 Å². The minimum Gasteiger partial charge on any atom is -0.352 e. The van der Waals surface area contributed by atoms with Gasteiger partial charge in [0.15, 0.2) is 0 Å². The SMILES string of the molecule is CC(CC(=O)NCc1ccc2[nH]c(=O)[nH]c2c1)c1ccccc1. The van der Waals surface area contributed by atoms with Crippen LogP contribution in [0.4, 0.5) is 0 Å². The number of fused-ring (bicyclic) bond motifs is 1. The Morgan fingerprint density at radius 1 is 1.09 bits per heavy atom. The van der Waals surface area contributed by atoms with Gasteiger partial charge in [0.1, 0.15) is 0 Å². The lowest BCUT2D eigenvalue weighted by Gasteiger charge is -2.12. The second-order valence-corrected chi connectivity index (χ2v) is 5.75. The molecule has 3 rings (SSSR count). The highest BCUT2D eigenvalue weighted by Gasteiger charge is 2.10. The van der Waals surface area contributed by atoms with E-state index < -0.39 is 0 Å². The average molecular weight is 309 g/mol. The molecule has 1 aromatic heterocycles. The summed E-state index contributed by atoms with van der Waals surface area (Å²) in [5.41, 5.74) is 3.41. The van der Waals surface area contributed by atoms with Gasteiger partial charge in [-0.05, 0) is 29.2 Å². The molecule has 0 saturated carbocycles. The predicted octanol–water partition coefficient (Wildman–Crippen LogP) is 2.67. The molecule has 0 aliphatic heterocycles. The van der Waals surface area contributed by atoms with Crippen LogP contribution >= 0.6 is 0 Å². The summed E-state index contributed by atoms with van der Waals surface area (Å²) in [7, 11) is 0. The number of hydrogen-bond acceptors (Lipinski definition) is 2. The number of carbonyl (C=O) groups excluding carboxylic acids is 1. The maximum absolute atomic E-state index is 12.1. The van der Waals surface area contributed by atoms with E-state index in [1.807, 2.05) is 55.5 Å². The van der Waals surface area contributed by atoms with Gasteiger partial charge in [-0.25, -0.2) is 4.79 Å². The Hall–Kier alpha value is -2.82. The van der Waals surface area contributed by atoms with Gasteiger partial charge in [-0.1, -0.05) is 43.3 Å². The third-order valence-electron chi connectivity index (χ3n) is 3.93. The van der Waals surface area contributed by atoms with Gasteiger partial charge < -0.3 is 15.3 Å². The molecule has 3 N–H and O–H groups in total. The molecule has 0 aliphatic carbocycles. The van der Waals surface area contributed by atoms with Crippen molar-refractivity contribution >= 4 is 16.9 Å². The van der Waals surface area contributed by atoms with Crippen molar-refractivity contribution in [2.24, 2.45) is 0 Å². The van der Waals surface area contributed by atoms with E-state index in [1.165, 1.54) is 0 Å². The maximum Gasteiger partial charge on any atom is 0.323 e. The minimum atomic E-state index is -0.224. The van der Waals surface area contributed by atoms with E-state index in [4.69, 9.17) is 0 Å². The smallest absolute Gasteiger partial charge is 0.323 e. The molecule has 1 unspecified atom stereocenters. The molecule has 23 heavy (non-hydrogen) atoms. The van der Waals surface area contributed by atoms with Crippen molar-refractivity contribution in [1.29, 1.82) is 0 Å². The summed E-state index contributed by atoms with van der Waals surface area (Å²) >= 11 is 0. The number of hydrogen-bond donors (Lipinski definition) is 3. The molecule has 5 nitrogen and oxygen atoms in total. The molecule has 1 atom stereocenters. The summed E-state index contributed by atoms with van der Waals surface area (Å²) in [6.45, 7) is 2.50. The second-order valence-electron chi connectivity index (χ2n) is 5.75. The number of imidazole rings is 1. The Bertz CT molecular complexity index is 865. The standard InChI is InChI=1S/C18H19N3O2/c1-12(14-5-3-2-4-6-14)9-17(22)19-11-13-7-8-15-16(10-13)21-18(23)20-15/h2-8,10,12H,9,11H2,1H3,(H,19,22)(H2,20,21,23). The van der Waals surface area contributed by atoms with Crippen LogP contribution in [0, 0.1) is 0 Å². The highest BCUT2D eigenvalue weighted by atomic mass is 16.1. The number of benzene rings is 2. The van der Waals surface area contributed by atoms with Gasteiger partial charge in [-0.2, -0.15) is 0 Å². The fourth-order valence-corrected chi connectivity index (χ4v) is 2.64. The second kappa shape index (κ2) is 6.52. The van der Waals surface area contributed by atoms with Crippen molar-refractivity contribution < 1.29 is 4.79 Å². The molecule has 0 saturated heterocycles. The lowest BCUT2D eigenvalue weighted by atomic mass is 9.97. The Balaban J connectivity index is 1.58. The molecule has 2 aromatic carbocycles. The van der Waals surface area contributed by atoms with Crippen molar-refractivity contribution in [3.05, 3.63) is 70.1 Å². The normalized spacial score (nSPS) is 12.2. The average Bonchev–Trinajstić information content (AvgIpc) is 2.93. The van der Waals surface area contributed by atoms with Crippen molar-refractivity contribution in [3.8, 4) is 0 Å². The summed E-state index contributed by atoms with van der Waals surface area (Å²) in [6.07, 6.45) is 0.452. The van der Waals surface area contributed by atoms with Crippen molar-refractivity contribution in [2.45, 2.75) is 25.8 Å². The first-order chi connectivity index (χ1) is 11.1. The van der Waals surface area contributed by atoms with Crippen LogP contribution < -0.4 is 11.0 Å². The van der Waals surface area contributed by atoms with E-state index in [0.717, 1.165) is 22.2 Å². The quantitative estimate of drug-likeness (QED) is 0.677. The third kappa shape index (κ3) is 3.69. The number of aromatic nitrogens is 2. The molecule has 5 heteroatoms. The van der Waals surface area contributed by atoms with Crippen LogP contribution in [-0.4, -0.2) is 15.9 Å². The van der Waals surface area contributed by atoms with Gasteiger partial charge >= 0.3 is 5.69 Å². The van der Waals surface area contributed by atoms with Crippen molar-refractivity contribution in [1.82, 2.24) is 15.3 Å². The van der Waals surface area contributed by atoms with E-state index >= 15 is 0 Å². The monoisotopic (exact) mass is 309 g/mol. The molecule has 3 aromatic rings. The number of rotatable bonds is 5. The van der Waals surface area contributed by atoms with Gasteiger partial charge in [0, 0.05) is 13.0 Å². The zero-order valence-electron chi connectivity index (χ0n) is 12.9. The molecule has 0 radical (unpaired) electrons. The van der Waals surface area contributed by atoms with Crippen molar-refractivity contribution in [2.75, 3.05) is 0 Å². The summed E-state index contributed by atoms with van der Waals surface area (Å²) in [5.74, 6) is 0.198. The first-order valence-corrected chi connectivity index (χ1v) is 7.64.